The molecule has 0 aliphatic rings. The van der Waals surface area contributed by atoms with Crippen molar-refractivity contribution in [3.05, 3.63) is 59.9 Å². The van der Waals surface area contributed by atoms with E-state index in [0.717, 1.165) is 11.3 Å². The Kier molecular flexibility index (Phi) is 3.50. The van der Waals surface area contributed by atoms with Crippen LogP contribution in [0, 0.1) is 6.92 Å². The number of aromatic nitrogens is 1. The number of para-hydroxylation sites is 1. The molecule has 86 valence electrons. The molecule has 0 bridgehead atoms. The van der Waals surface area contributed by atoms with Crippen LogP contribution in [0.25, 0.3) is 0 Å². The number of ketones is 1. The lowest BCUT2D eigenvalue weighted by Gasteiger charge is -2.05. The van der Waals surface area contributed by atoms with Crippen molar-refractivity contribution in [2.75, 3.05) is 11.9 Å². The molecule has 1 heterocycles. The molecule has 3 nitrogen and oxygen atoms in total. The van der Waals surface area contributed by atoms with Gasteiger partial charge in [0.2, 0.25) is 0 Å². The van der Waals surface area contributed by atoms with Crippen LogP contribution in [0.4, 0.5) is 5.69 Å². The fourth-order valence-corrected chi connectivity index (χ4v) is 1.55. The van der Waals surface area contributed by atoms with Crippen LogP contribution >= 0.6 is 0 Å². The average Bonchev–Trinajstić information content (AvgIpc) is 2.37. The van der Waals surface area contributed by atoms with Gasteiger partial charge >= 0.3 is 0 Å². The number of nitrogens with one attached hydrogen (secondary N) is 1. The van der Waals surface area contributed by atoms with Gasteiger partial charge < -0.3 is 5.32 Å². The molecule has 0 atom stereocenters. The van der Waals surface area contributed by atoms with Gasteiger partial charge in [-0.3, -0.25) is 9.78 Å². The van der Waals surface area contributed by atoms with E-state index in [0.29, 0.717) is 5.56 Å². The highest BCUT2D eigenvalue weighted by atomic mass is 16.1. The number of hydrogen-bond acceptors (Lipinski definition) is 3. The highest BCUT2D eigenvalue weighted by Crippen LogP contribution is 2.06. The molecular weight excluding hydrogens is 212 g/mol. The lowest BCUT2D eigenvalue weighted by atomic mass is 10.1. The predicted octanol–water partition coefficient (Wildman–Crippen LogP) is 2.68. The van der Waals surface area contributed by atoms with Crippen molar-refractivity contribution in [2.24, 2.45) is 0 Å². The molecule has 0 aliphatic heterocycles. The molecule has 1 aromatic carbocycles. The minimum atomic E-state index is 0.0463. The molecule has 1 N–H and O–H groups in total. The Morgan fingerprint density at radius 2 is 2.00 bits per heavy atom. The predicted molar refractivity (Wildman–Crippen MR) is 68.2 cm³/mol. The monoisotopic (exact) mass is 226 g/mol. The Morgan fingerprint density at radius 1 is 1.24 bits per heavy atom. The van der Waals surface area contributed by atoms with Gasteiger partial charge in [-0.25, -0.2) is 0 Å². The molecule has 0 saturated heterocycles. The van der Waals surface area contributed by atoms with Gasteiger partial charge in [0, 0.05) is 23.6 Å². The van der Waals surface area contributed by atoms with Crippen molar-refractivity contribution in [3.63, 3.8) is 0 Å². The summed E-state index contributed by atoms with van der Waals surface area (Å²) in [7, 11) is 0. The number of rotatable bonds is 4. The summed E-state index contributed by atoms with van der Waals surface area (Å²) >= 11 is 0. The zero-order valence-electron chi connectivity index (χ0n) is 9.68. The fraction of sp³-hybridized carbons (Fsp3) is 0.143. The third-order valence-corrected chi connectivity index (χ3v) is 2.42. The first-order valence-corrected chi connectivity index (χ1v) is 5.49. The van der Waals surface area contributed by atoms with E-state index in [4.69, 9.17) is 0 Å². The molecule has 0 fully saturated rings. The molecule has 1 aromatic heterocycles. The molecule has 0 spiro atoms. The van der Waals surface area contributed by atoms with E-state index in [-0.39, 0.29) is 12.3 Å². The Morgan fingerprint density at radius 3 is 2.71 bits per heavy atom. The lowest BCUT2D eigenvalue weighted by molar-refractivity contribution is 0.101. The van der Waals surface area contributed by atoms with E-state index in [9.17, 15) is 4.79 Å². The topological polar surface area (TPSA) is 42.0 Å². The summed E-state index contributed by atoms with van der Waals surface area (Å²) in [5, 5.41) is 3.09. The van der Waals surface area contributed by atoms with Gasteiger partial charge in [-0.1, -0.05) is 18.2 Å². The highest BCUT2D eigenvalue weighted by molar-refractivity contribution is 5.98. The summed E-state index contributed by atoms with van der Waals surface area (Å²) in [5.74, 6) is 0.0463. The van der Waals surface area contributed by atoms with Gasteiger partial charge in [-0.05, 0) is 30.7 Å². The molecule has 0 amide bonds. The largest absolute Gasteiger partial charge is 0.378 e. The first kappa shape index (κ1) is 11.3. The van der Waals surface area contributed by atoms with Crippen molar-refractivity contribution in [1.82, 2.24) is 4.98 Å². The summed E-state index contributed by atoms with van der Waals surface area (Å²) in [5.41, 5.74) is 2.59. The number of benzene rings is 1. The number of hydrogen-bond donors (Lipinski definition) is 1. The van der Waals surface area contributed by atoms with E-state index in [1.165, 1.54) is 0 Å². The number of nitrogens with zero attached hydrogens (tertiary/aromatic N) is 1. The summed E-state index contributed by atoms with van der Waals surface area (Å²) in [6, 6.07) is 11.5. The molecule has 2 aromatic rings. The molecule has 3 heteroatoms. The number of aryl methyl sites for hydroxylation is 1. The van der Waals surface area contributed by atoms with Crippen molar-refractivity contribution in [1.29, 1.82) is 0 Å². The number of pyridine rings is 1. The first-order chi connectivity index (χ1) is 8.25. The molecular formula is C14H14N2O. The van der Waals surface area contributed by atoms with Gasteiger partial charge in [-0.2, -0.15) is 0 Å². The second kappa shape index (κ2) is 5.25. The maximum absolute atomic E-state index is 11.9. The van der Waals surface area contributed by atoms with Crippen molar-refractivity contribution >= 4 is 11.5 Å². The average molecular weight is 226 g/mol. The van der Waals surface area contributed by atoms with Crippen LogP contribution < -0.4 is 5.32 Å². The van der Waals surface area contributed by atoms with E-state index in [2.05, 4.69) is 10.3 Å². The van der Waals surface area contributed by atoms with E-state index in [1.807, 2.05) is 43.3 Å². The van der Waals surface area contributed by atoms with Crippen molar-refractivity contribution in [2.45, 2.75) is 6.92 Å². The van der Waals surface area contributed by atoms with Gasteiger partial charge in [0.1, 0.15) is 0 Å². The number of anilines is 1. The minimum Gasteiger partial charge on any atom is -0.378 e. The van der Waals surface area contributed by atoms with Crippen LogP contribution in [0.15, 0.2) is 48.8 Å². The Balaban J connectivity index is 1.98. The second-order valence-electron chi connectivity index (χ2n) is 3.89. The van der Waals surface area contributed by atoms with Crippen LogP contribution in [0.5, 0.6) is 0 Å². The second-order valence-corrected chi connectivity index (χ2v) is 3.89. The first-order valence-electron chi connectivity index (χ1n) is 5.49. The summed E-state index contributed by atoms with van der Waals surface area (Å²) in [6.45, 7) is 2.21. The maximum Gasteiger partial charge on any atom is 0.183 e. The standard InChI is InChI=1S/C14H14N2O/c1-11-7-12(9-15-8-11)14(17)10-16-13-5-3-2-4-6-13/h2-9,16H,10H2,1H3. The van der Waals surface area contributed by atoms with Gasteiger partial charge in [0.25, 0.3) is 0 Å². The van der Waals surface area contributed by atoms with Crippen LogP contribution in [0.1, 0.15) is 15.9 Å². The number of Topliss-reactive ketones (excluding diaryl/α,β-unsaturated/α-hetero) is 1. The zero-order valence-corrected chi connectivity index (χ0v) is 9.68. The maximum atomic E-state index is 11.9. The zero-order chi connectivity index (χ0) is 12.1. The van der Waals surface area contributed by atoms with Gasteiger partial charge in [-0.15, -0.1) is 0 Å². The quantitative estimate of drug-likeness (QED) is 0.815. The Labute approximate surface area is 101 Å². The Bertz CT molecular complexity index is 509. The van der Waals surface area contributed by atoms with Crippen LogP contribution in [-0.4, -0.2) is 17.3 Å². The molecule has 0 saturated carbocycles. The van der Waals surface area contributed by atoms with Crippen LogP contribution in [0.2, 0.25) is 0 Å². The molecule has 17 heavy (non-hydrogen) atoms. The molecule has 0 unspecified atom stereocenters. The van der Waals surface area contributed by atoms with Gasteiger partial charge in [0.15, 0.2) is 5.78 Å². The highest BCUT2D eigenvalue weighted by Gasteiger charge is 2.05. The van der Waals surface area contributed by atoms with Crippen molar-refractivity contribution < 1.29 is 4.79 Å². The molecule has 0 radical (unpaired) electrons. The minimum absolute atomic E-state index is 0.0463. The molecule has 2 rings (SSSR count). The normalized spacial score (nSPS) is 9.94. The SMILES string of the molecule is Cc1cncc(C(=O)CNc2ccccc2)c1. The number of carbonyl (C=O) groups is 1. The number of carbonyl (C=O) groups excluding carboxylic acids is 1. The van der Waals surface area contributed by atoms with E-state index < -0.39 is 0 Å². The van der Waals surface area contributed by atoms with E-state index in [1.54, 1.807) is 12.4 Å². The summed E-state index contributed by atoms with van der Waals surface area (Å²) in [6.07, 6.45) is 3.34. The van der Waals surface area contributed by atoms with Gasteiger partial charge in [0.05, 0.1) is 6.54 Å². The molecule has 0 aliphatic carbocycles. The van der Waals surface area contributed by atoms with Crippen LogP contribution in [0.3, 0.4) is 0 Å². The van der Waals surface area contributed by atoms with E-state index >= 15 is 0 Å². The summed E-state index contributed by atoms with van der Waals surface area (Å²) < 4.78 is 0. The fourth-order valence-electron chi connectivity index (χ4n) is 1.55. The van der Waals surface area contributed by atoms with Crippen molar-refractivity contribution in [3.8, 4) is 0 Å². The lowest BCUT2D eigenvalue weighted by Crippen LogP contribution is -2.14. The third kappa shape index (κ3) is 3.14. The Hall–Kier alpha value is -2.16. The van der Waals surface area contributed by atoms with Crippen LogP contribution in [-0.2, 0) is 0 Å². The smallest absolute Gasteiger partial charge is 0.183 e. The third-order valence-electron chi connectivity index (χ3n) is 2.42. The summed E-state index contributed by atoms with van der Waals surface area (Å²) in [4.78, 5) is 15.9.